The molecule has 1 aromatic heterocycles. The van der Waals surface area contributed by atoms with Crippen molar-refractivity contribution in [1.29, 1.82) is 0 Å². The van der Waals surface area contributed by atoms with Gasteiger partial charge in [-0.2, -0.15) is 5.10 Å². The number of amides is 1. The number of hydrogen-bond acceptors (Lipinski definition) is 4. The van der Waals surface area contributed by atoms with E-state index in [1.807, 2.05) is 24.4 Å². The third-order valence-electron chi connectivity index (χ3n) is 2.89. The van der Waals surface area contributed by atoms with Gasteiger partial charge < -0.3 is 15.2 Å². The van der Waals surface area contributed by atoms with E-state index in [0.717, 1.165) is 12.1 Å². The second-order valence-corrected chi connectivity index (χ2v) is 4.44. The summed E-state index contributed by atoms with van der Waals surface area (Å²) in [6.07, 6.45) is 4.28. The van der Waals surface area contributed by atoms with E-state index >= 15 is 0 Å². The van der Waals surface area contributed by atoms with Gasteiger partial charge in [-0.3, -0.25) is 4.79 Å². The Hall–Kier alpha value is -2.18. The number of ether oxygens (including phenoxy) is 1. The minimum Gasteiger partial charge on any atom is -0.394 e. The molecule has 0 saturated heterocycles. The summed E-state index contributed by atoms with van der Waals surface area (Å²) in [7, 11) is 0. The zero-order chi connectivity index (χ0) is 14.9. The van der Waals surface area contributed by atoms with Gasteiger partial charge in [0, 0.05) is 31.1 Å². The zero-order valence-corrected chi connectivity index (χ0v) is 11.7. The summed E-state index contributed by atoms with van der Waals surface area (Å²) < 4.78 is 6.85. The third kappa shape index (κ3) is 4.70. The van der Waals surface area contributed by atoms with Crippen LogP contribution >= 0.6 is 0 Å². The van der Waals surface area contributed by atoms with E-state index in [2.05, 4.69) is 10.4 Å². The van der Waals surface area contributed by atoms with Crippen LogP contribution in [0.15, 0.2) is 42.7 Å². The van der Waals surface area contributed by atoms with Crippen molar-refractivity contribution in [3.8, 4) is 5.69 Å². The first kappa shape index (κ1) is 15.2. The quantitative estimate of drug-likeness (QED) is 0.711. The third-order valence-corrected chi connectivity index (χ3v) is 2.89. The Morgan fingerprint density at radius 2 is 2.10 bits per heavy atom. The molecule has 2 N–H and O–H groups in total. The Balaban J connectivity index is 1.78. The molecule has 0 unspecified atom stereocenters. The molecule has 112 valence electrons. The van der Waals surface area contributed by atoms with Gasteiger partial charge in [0.15, 0.2) is 0 Å². The minimum absolute atomic E-state index is 0.0228. The molecule has 0 aliphatic carbocycles. The van der Waals surface area contributed by atoms with Crippen molar-refractivity contribution >= 4 is 5.91 Å². The second kappa shape index (κ2) is 8.18. The lowest BCUT2D eigenvalue weighted by atomic mass is 10.2. The van der Waals surface area contributed by atoms with Crippen LogP contribution in [0.25, 0.3) is 5.69 Å². The molecule has 0 aliphatic heterocycles. The number of aromatic nitrogens is 2. The van der Waals surface area contributed by atoms with Crippen molar-refractivity contribution < 1.29 is 14.6 Å². The Morgan fingerprint density at radius 3 is 2.76 bits per heavy atom. The highest BCUT2D eigenvalue weighted by Crippen LogP contribution is 2.08. The molecule has 21 heavy (non-hydrogen) atoms. The van der Waals surface area contributed by atoms with Crippen LogP contribution in [-0.2, 0) is 4.74 Å². The van der Waals surface area contributed by atoms with Gasteiger partial charge >= 0.3 is 0 Å². The van der Waals surface area contributed by atoms with Crippen molar-refractivity contribution in [1.82, 2.24) is 15.1 Å². The lowest BCUT2D eigenvalue weighted by Crippen LogP contribution is -2.25. The molecule has 2 aromatic rings. The molecular formula is C15H19N3O3. The summed E-state index contributed by atoms with van der Waals surface area (Å²) in [5.41, 5.74) is 1.52. The highest BCUT2D eigenvalue weighted by molar-refractivity contribution is 5.94. The van der Waals surface area contributed by atoms with Gasteiger partial charge in [-0.1, -0.05) is 0 Å². The minimum atomic E-state index is -0.107. The fraction of sp³-hybridized carbons (Fsp3) is 0.333. The molecular weight excluding hydrogens is 270 g/mol. The predicted octanol–water partition coefficient (Wildman–Crippen LogP) is 1.00. The number of nitrogens with one attached hydrogen (secondary N) is 1. The first-order chi connectivity index (χ1) is 10.3. The molecule has 1 aromatic carbocycles. The normalized spacial score (nSPS) is 10.5. The summed E-state index contributed by atoms with van der Waals surface area (Å²) in [6.45, 7) is 1.43. The predicted molar refractivity (Wildman–Crippen MR) is 78.4 cm³/mol. The van der Waals surface area contributed by atoms with Crippen LogP contribution < -0.4 is 5.32 Å². The Bertz CT molecular complexity index is 538. The van der Waals surface area contributed by atoms with Gasteiger partial charge in [-0.15, -0.1) is 0 Å². The standard InChI is InChI=1S/C15H19N3O3/c19-10-12-21-11-2-7-16-15(20)13-3-5-14(6-4-13)18-9-1-8-17-18/h1,3-6,8-9,19H,2,7,10-12H2,(H,16,20). The number of rotatable bonds is 8. The van der Waals surface area contributed by atoms with Crippen molar-refractivity contribution in [2.75, 3.05) is 26.4 Å². The molecule has 6 heteroatoms. The summed E-state index contributed by atoms with van der Waals surface area (Å²) in [6, 6.07) is 9.10. The van der Waals surface area contributed by atoms with E-state index < -0.39 is 0 Å². The van der Waals surface area contributed by atoms with Crippen molar-refractivity contribution in [3.05, 3.63) is 48.3 Å². The van der Waals surface area contributed by atoms with Crippen LogP contribution in [0.3, 0.4) is 0 Å². The first-order valence-electron chi connectivity index (χ1n) is 6.88. The fourth-order valence-electron chi connectivity index (χ4n) is 1.83. The van der Waals surface area contributed by atoms with Gasteiger partial charge in [0.1, 0.15) is 0 Å². The number of aliphatic hydroxyl groups is 1. The lowest BCUT2D eigenvalue weighted by Gasteiger charge is -2.07. The number of hydrogen-bond donors (Lipinski definition) is 2. The summed E-state index contributed by atoms with van der Waals surface area (Å²) in [5.74, 6) is -0.107. The number of carbonyl (C=O) groups is 1. The molecule has 0 fully saturated rings. The molecule has 0 bridgehead atoms. The summed E-state index contributed by atoms with van der Waals surface area (Å²) in [4.78, 5) is 11.9. The molecule has 0 atom stereocenters. The zero-order valence-electron chi connectivity index (χ0n) is 11.7. The topological polar surface area (TPSA) is 76.4 Å². The molecule has 2 rings (SSSR count). The van der Waals surface area contributed by atoms with E-state index in [9.17, 15) is 4.79 Å². The van der Waals surface area contributed by atoms with Crippen LogP contribution in [-0.4, -0.2) is 47.2 Å². The largest absolute Gasteiger partial charge is 0.394 e. The van der Waals surface area contributed by atoms with Crippen molar-refractivity contribution in [2.45, 2.75) is 6.42 Å². The molecule has 0 spiro atoms. The van der Waals surface area contributed by atoms with Crippen LogP contribution in [0.5, 0.6) is 0 Å². The van der Waals surface area contributed by atoms with Crippen LogP contribution in [0, 0.1) is 0 Å². The van der Waals surface area contributed by atoms with Gasteiger partial charge in [0.2, 0.25) is 0 Å². The number of carbonyl (C=O) groups excluding carboxylic acids is 1. The molecule has 0 aliphatic rings. The maximum atomic E-state index is 11.9. The Morgan fingerprint density at radius 1 is 1.29 bits per heavy atom. The number of benzene rings is 1. The van der Waals surface area contributed by atoms with E-state index in [4.69, 9.17) is 9.84 Å². The number of aliphatic hydroxyl groups excluding tert-OH is 1. The van der Waals surface area contributed by atoms with E-state index in [1.165, 1.54) is 0 Å². The smallest absolute Gasteiger partial charge is 0.251 e. The van der Waals surface area contributed by atoms with E-state index in [-0.39, 0.29) is 12.5 Å². The SMILES string of the molecule is O=C(NCCCOCCO)c1ccc(-n2cccn2)cc1. The maximum absolute atomic E-state index is 11.9. The van der Waals surface area contributed by atoms with Crippen LogP contribution in [0.1, 0.15) is 16.8 Å². The van der Waals surface area contributed by atoms with Crippen LogP contribution in [0.2, 0.25) is 0 Å². The summed E-state index contributed by atoms with van der Waals surface area (Å²) in [5, 5.41) is 15.5. The van der Waals surface area contributed by atoms with Gasteiger partial charge in [0.25, 0.3) is 5.91 Å². The second-order valence-electron chi connectivity index (χ2n) is 4.44. The van der Waals surface area contributed by atoms with Crippen LogP contribution in [0.4, 0.5) is 0 Å². The maximum Gasteiger partial charge on any atom is 0.251 e. The Labute approximate surface area is 123 Å². The Kier molecular flexibility index (Phi) is 5.93. The van der Waals surface area contributed by atoms with E-state index in [0.29, 0.717) is 25.3 Å². The molecule has 1 heterocycles. The van der Waals surface area contributed by atoms with Crippen molar-refractivity contribution in [2.24, 2.45) is 0 Å². The molecule has 0 saturated carbocycles. The lowest BCUT2D eigenvalue weighted by molar-refractivity contribution is 0.0867. The molecule has 6 nitrogen and oxygen atoms in total. The average Bonchev–Trinajstić information content (AvgIpc) is 3.05. The van der Waals surface area contributed by atoms with Crippen molar-refractivity contribution in [3.63, 3.8) is 0 Å². The fourth-order valence-corrected chi connectivity index (χ4v) is 1.83. The van der Waals surface area contributed by atoms with Gasteiger partial charge in [-0.05, 0) is 36.8 Å². The average molecular weight is 289 g/mol. The molecule has 1 amide bonds. The van der Waals surface area contributed by atoms with Gasteiger partial charge in [-0.25, -0.2) is 4.68 Å². The highest BCUT2D eigenvalue weighted by atomic mass is 16.5. The highest BCUT2D eigenvalue weighted by Gasteiger charge is 2.05. The summed E-state index contributed by atoms with van der Waals surface area (Å²) >= 11 is 0. The monoisotopic (exact) mass is 289 g/mol. The molecule has 0 radical (unpaired) electrons. The first-order valence-corrected chi connectivity index (χ1v) is 6.88. The number of nitrogens with zero attached hydrogens (tertiary/aromatic N) is 2. The van der Waals surface area contributed by atoms with Gasteiger partial charge in [0.05, 0.1) is 18.9 Å². The van der Waals surface area contributed by atoms with E-state index in [1.54, 1.807) is 23.0 Å².